The second kappa shape index (κ2) is 6.13. The number of fused-ring (bicyclic) bond motifs is 1. The molecule has 5 heteroatoms. The maximum Gasteiger partial charge on any atom is 0.185 e. The summed E-state index contributed by atoms with van der Waals surface area (Å²) in [6.45, 7) is 5.35. The van der Waals surface area contributed by atoms with Crippen LogP contribution in [0.2, 0.25) is 0 Å². The molecular formula is C19H22O4S. The van der Waals surface area contributed by atoms with Crippen molar-refractivity contribution in [2.24, 2.45) is 5.92 Å². The normalized spacial score (nSPS) is 17.2. The number of hydrogen-bond acceptors (Lipinski definition) is 4. The highest BCUT2D eigenvalue weighted by molar-refractivity contribution is 7.92. The second-order valence-corrected chi connectivity index (χ2v) is 8.65. The van der Waals surface area contributed by atoms with Crippen LogP contribution in [0, 0.1) is 12.8 Å². The van der Waals surface area contributed by atoms with E-state index in [0.717, 1.165) is 25.7 Å². The van der Waals surface area contributed by atoms with Crippen molar-refractivity contribution in [2.45, 2.75) is 42.8 Å². The third-order valence-electron chi connectivity index (χ3n) is 5.09. The van der Waals surface area contributed by atoms with Crippen molar-refractivity contribution in [1.82, 2.24) is 0 Å². The highest BCUT2D eigenvalue weighted by Gasteiger charge is 2.34. The molecule has 3 rings (SSSR count). The molecule has 1 saturated carbocycles. The average molecular weight is 346 g/mol. The Kier molecular flexibility index (Phi) is 4.30. The van der Waals surface area contributed by atoms with Crippen LogP contribution in [-0.2, 0) is 9.84 Å². The quantitative estimate of drug-likeness (QED) is 0.818. The van der Waals surface area contributed by atoms with Crippen molar-refractivity contribution in [3.63, 3.8) is 0 Å². The molecule has 0 aromatic heterocycles. The first kappa shape index (κ1) is 16.8. The van der Waals surface area contributed by atoms with E-state index in [1.807, 2.05) is 0 Å². The molecule has 0 radical (unpaired) electrons. The van der Waals surface area contributed by atoms with Gasteiger partial charge < -0.3 is 10.2 Å². The van der Waals surface area contributed by atoms with Gasteiger partial charge in [-0.2, -0.15) is 0 Å². The largest absolute Gasteiger partial charge is 0.508 e. The minimum absolute atomic E-state index is 0.0231. The van der Waals surface area contributed by atoms with Crippen LogP contribution in [0.5, 0.6) is 11.5 Å². The molecule has 0 aliphatic heterocycles. The molecule has 1 fully saturated rings. The second-order valence-electron chi connectivity index (χ2n) is 6.54. The minimum atomic E-state index is -3.54. The number of hydrogen-bond donors (Lipinski definition) is 2. The molecule has 1 unspecified atom stereocenters. The Balaban J connectivity index is 2.10. The van der Waals surface area contributed by atoms with Crippen molar-refractivity contribution in [1.29, 1.82) is 0 Å². The average Bonchev–Trinajstić information content (AvgIpc) is 3.06. The van der Waals surface area contributed by atoms with Gasteiger partial charge in [-0.15, -0.1) is 6.58 Å². The summed E-state index contributed by atoms with van der Waals surface area (Å²) in [5, 5.41) is 20.5. The summed E-state index contributed by atoms with van der Waals surface area (Å²) in [5.74, 6) is 0.0404. The van der Waals surface area contributed by atoms with Crippen LogP contribution in [0.3, 0.4) is 0 Å². The fourth-order valence-corrected chi connectivity index (χ4v) is 5.54. The topological polar surface area (TPSA) is 74.6 Å². The van der Waals surface area contributed by atoms with E-state index >= 15 is 0 Å². The molecule has 0 spiro atoms. The van der Waals surface area contributed by atoms with Gasteiger partial charge >= 0.3 is 0 Å². The fraction of sp³-hybridized carbons (Fsp3) is 0.368. The predicted molar refractivity (Wildman–Crippen MR) is 95.1 cm³/mol. The van der Waals surface area contributed by atoms with Crippen molar-refractivity contribution in [3.05, 3.63) is 42.5 Å². The summed E-state index contributed by atoms with van der Waals surface area (Å²) in [4.78, 5) is 0.203. The summed E-state index contributed by atoms with van der Waals surface area (Å²) in [7, 11) is -3.54. The van der Waals surface area contributed by atoms with Gasteiger partial charge in [0.25, 0.3) is 0 Å². The molecule has 0 bridgehead atoms. The molecule has 0 amide bonds. The van der Waals surface area contributed by atoms with Gasteiger partial charge in [0.1, 0.15) is 11.5 Å². The molecule has 0 heterocycles. The van der Waals surface area contributed by atoms with Crippen LogP contribution in [0.4, 0.5) is 0 Å². The van der Waals surface area contributed by atoms with Crippen LogP contribution in [0.25, 0.3) is 10.8 Å². The zero-order valence-electron chi connectivity index (χ0n) is 13.7. The van der Waals surface area contributed by atoms with E-state index < -0.39 is 15.1 Å². The van der Waals surface area contributed by atoms with E-state index in [1.165, 1.54) is 18.2 Å². The van der Waals surface area contributed by atoms with Crippen LogP contribution < -0.4 is 0 Å². The third-order valence-corrected chi connectivity index (χ3v) is 7.30. The van der Waals surface area contributed by atoms with Gasteiger partial charge in [0.15, 0.2) is 9.84 Å². The van der Waals surface area contributed by atoms with E-state index in [2.05, 4.69) is 6.58 Å². The van der Waals surface area contributed by atoms with Crippen LogP contribution in [0.1, 0.15) is 31.2 Å². The molecule has 24 heavy (non-hydrogen) atoms. The molecule has 1 aliphatic rings. The summed E-state index contributed by atoms with van der Waals surface area (Å²) < 4.78 is 26.1. The van der Waals surface area contributed by atoms with Gasteiger partial charge in [-0.05, 0) is 55.3 Å². The summed E-state index contributed by atoms with van der Waals surface area (Å²) >= 11 is 0. The van der Waals surface area contributed by atoms with Gasteiger partial charge in [0, 0.05) is 10.9 Å². The first-order valence-electron chi connectivity index (χ1n) is 8.18. The number of sulfone groups is 1. The molecule has 1 atom stereocenters. The molecule has 2 aromatic carbocycles. The SMILES string of the molecule is C=CC(C1CCCC1)S(=O)(=O)c1ccc2c(O)c(C)c(O)cc2c1. The van der Waals surface area contributed by atoms with Crippen LogP contribution in [-0.4, -0.2) is 23.9 Å². The number of phenols is 2. The standard InChI is InChI=1S/C19H22O4S/c1-3-18(13-6-4-5-7-13)24(22,23)15-8-9-16-14(10-15)11-17(20)12(2)19(16)21/h3,8-11,13,18,20-21H,1,4-7H2,2H3. The van der Waals surface area contributed by atoms with Gasteiger partial charge in [-0.1, -0.05) is 18.9 Å². The molecule has 4 nitrogen and oxygen atoms in total. The van der Waals surface area contributed by atoms with Crippen LogP contribution >= 0.6 is 0 Å². The Hall–Kier alpha value is -2.01. The summed E-state index contributed by atoms with van der Waals surface area (Å²) in [6.07, 6.45) is 5.47. The molecular weight excluding hydrogens is 324 g/mol. The maximum absolute atomic E-state index is 13.0. The van der Waals surface area contributed by atoms with E-state index in [0.29, 0.717) is 16.3 Å². The predicted octanol–water partition coefficient (Wildman–Crippen LogP) is 4.08. The summed E-state index contributed by atoms with van der Waals surface area (Å²) in [5.41, 5.74) is 0.382. The zero-order chi connectivity index (χ0) is 17.5. The zero-order valence-corrected chi connectivity index (χ0v) is 14.5. The van der Waals surface area contributed by atoms with Gasteiger partial charge in [-0.3, -0.25) is 0 Å². The Labute approximate surface area is 142 Å². The highest BCUT2D eigenvalue weighted by Crippen LogP contribution is 2.38. The van der Waals surface area contributed by atoms with Gasteiger partial charge in [-0.25, -0.2) is 8.42 Å². The first-order valence-corrected chi connectivity index (χ1v) is 9.72. The van der Waals surface area contributed by atoms with E-state index in [9.17, 15) is 18.6 Å². The molecule has 128 valence electrons. The van der Waals surface area contributed by atoms with Gasteiger partial charge in [0.05, 0.1) is 10.1 Å². The molecule has 1 aliphatic carbocycles. The molecule has 0 saturated heterocycles. The number of rotatable bonds is 4. The Morgan fingerprint density at radius 1 is 1.21 bits per heavy atom. The van der Waals surface area contributed by atoms with Crippen LogP contribution in [0.15, 0.2) is 41.8 Å². The monoisotopic (exact) mass is 346 g/mol. The van der Waals surface area contributed by atoms with E-state index in [1.54, 1.807) is 19.1 Å². The Morgan fingerprint density at radius 2 is 1.88 bits per heavy atom. The van der Waals surface area contributed by atoms with E-state index in [-0.39, 0.29) is 22.3 Å². The lowest BCUT2D eigenvalue weighted by Gasteiger charge is -2.20. The third kappa shape index (κ3) is 2.67. The number of aromatic hydroxyl groups is 2. The highest BCUT2D eigenvalue weighted by atomic mass is 32.2. The lowest BCUT2D eigenvalue weighted by atomic mass is 10.0. The Morgan fingerprint density at radius 3 is 2.50 bits per heavy atom. The lowest BCUT2D eigenvalue weighted by Crippen LogP contribution is -2.26. The molecule has 2 aromatic rings. The van der Waals surface area contributed by atoms with Crippen molar-refractivity contribution < 1.29 is 18.6 Å². The number of phenolic OH excluding ortho intramolecular Hbond substituents is 2. The first-order chi connectivity index (χ1) is 11.4. The smallest absolute Gasteiger partial charge is 0.185 e. The number of benzene rings is 2. The van der Waals surface area contributed by atoms with E-state index in [4.69, 9.17) is 0 Å². The Bertz CT molecular complexity index is 893. The lowest BCUT2D eigenvalue weighted by molar-refractivity contribution is 0.448. The van der Waals surface area contributed by atoms with Crippen molar-refractivity contribution in [2.75, 3.05) is 0 Å². The van der Waals surface area contributed by atoms with Crippen molar-refractivity contribution in [3.8, 4) is 11.5 Å². The maximum atomic E-state index is 13.0. The van der Waals surface area contributed by atoms with Gasteiger partial charge in [0.2, 0.25) is 0 Å². The minimum Gasteiger partial charge on any atom is -0.508 e. The fourth-order valence-electron chi connectivity index (χ4n) is 3.65. The van der Waals surface area contributed by atoms with Crippen molar-refractivity contribution >= 4 is 20.6 Å². The summed E-state index contributed by atoms with van der Waals surface area (Å²) in [6, 6.07) is 6.13. The molecule has 2 N–H and O–H groups in total.